The molecule has 0 atom stereocenters. The molecule has 0 bridgehead atoms. The van der Waals surface area contributed by atoms with Gasteiger partial charge < -0.3 is 9.80 Å². The quantitative estimate of drug-likeness (QED) is 0.473. The van der Waals surface area contributed by atoms with E-state index in [0.29, 0.717) is 0 Å². The second-order valence-electron chi connectivity index (χ2n) is 7.68. The highest BCUT2D eigenvalue weighted by Crippen LogP contribution is 2.33. The van der Waals surface area contributed by atoms with Gasteiger partial charge in [0, 0.05) is 31.7 Å². The molecule has 4 nitrogen and oxygen atoms in total. The number of carbonyl (C=O) groups is 1. The van der Waals surface area contributed by atoms with Crippen LogP contribution < -0.4 is 4.90 Å². The Morgan fingerprint density at radius 2 is 1.62 bits per heavy atom. The summed E-state index contributed by atoms with van der Waals surface area (Å²) in [4.78, 5) is 22.4. The SMILES string of the molecule is Cc1ccc(C)c2sc(N3CCN(C(=O)c4cccc5ccccc45)CC3)nc12. The fourth-order valence-corrected chi connectivity index (χ4v) is 5.23. The molecule has 1 saturated heterocycles. The van der Waals surface area contributed by atoms with Crippen molar-refractivity contribution >= 4 is 43.4 Å². The van der Waals surface area contributed by atoms with Gasteiger partial charge in [-0.05, 0) is 41.8 Å². The van der Waals surface area contributed by atoms with E-state index in [0.717, 1.165) is 53.2 Å². The zero-order valence-corrected chi connectivity index (χ0v) is 17.5. The summed E-state index contributed by atoms with van der Waals surface area (Å²) in [6.07, 6.45) is 0. The Morgan fingerprint density at radius 3 is 2.41 bits per heavy atom. The maximum Gasteiger partial charge on any atom is 0.254 e. The Labute approximate surface area is 174 Å². The fraction of sp³-hybridized carbons (Fsp3) is 0.250. The highest BCUT2D eigenvalue weighted by Gasteiger charge is 2.25. The zero-order valence-electron chi connectivity index (χ0n) is 16.7. The molecule has 2 heterocycles. The summed E-state index contributed by atoms with van der Waals surface area (Å²) in [5.41, 5.74) is 4.40. The average Bonchev–Trinajstić information content (AvgIpc) is 3.22. The van der Waals surface area contributed by atoms with Crippen molar-refractivity contribution in [2.45, 2.75) is 13.8 Å². The molecule has 3 aromatic carbocycles. The summed E-state index contributed by atoms with van der Waals surface area (Å²) in [7, 11) is 0. The van der Waals surface area contributed by atoms with Gasteiger partial charge in [-0.25, -0.2) is 4.98 Å². The molecule has 5 rings (SSSR count). The van der Waals surface area contributed by atoms with E-state index in [1.807, 2.05) is 35.2 Å². The van der Waals surface area contributed by atoms with Gasteiger partial charge in [-0.15, -0.1) is 0 Å². The minimum absolute atomic E-state index is 0.123. The Morgan fingerprint density at radius 1 is 0.897 bits per heavy atom. The van der Waals surface area contributed by atoms with Gasteiger partial charge in [0.2, 0.25) is 0 Å². The number of piperazine rings is 1. The minimum Gasteiger partial charge on any atom is -0.345 e. The van der Waals surface area contributed by atoms with Crippen LogP contribution in [0.2, 0.25) is 0 Å². The van der Waals surface area contributed by atoms with Crippen LogP contribution in [0.5, 0.6) is 0 Å². The van der Waals surface area contributed by atoms with Crippen LogP contribution in [0, 0.1) is 13.8 Å². The number of hydrogen-bond donors (Lipinski definition) is 0. The lowest BCUT2D eigenvalue weighted by molar-refractivity contribution is 0.0749. The normalized spacial score (nSPS) is 14.7. The van der Waals surface area contributed by atoms with Crippen LogP contribution in [0.3, 0.4) is 0 Å². The Balaban J connectivity index is 1.36. The highest BCUT2D eigenvalue weighted by molar-refractivity contribution is 7.22. The maximum atomic E-state index is 13.2. The number of fused-ring (bicyclic) bond motifs is 2. The van der Waals surface area contributed by atoms with Gasteiger partial charge in [-0.2, -0.15) is 0 Å². The van der Waals surface area contributed by atoms with Gasteiger partial charge in [0.05, 0.1) is 10.2 Å². The van der Waals surface area contributed by atoms with Crippen molar-refractivity contribution in [3.05, 3.63) is 71.3 Å². The molecule has 0 N–H and O–H groups in total. The second kappa shape index (κ2) is 7.16. The summed E-state index contributed by atoms with van der Waals surface area (Å²) in [5, 5.41) is 3.20. The van der Waals surface area contributed by atoms with Crippen LogP contribution in [0.25, 0.3) is 21.0 Å². The molecule has 5 heteroatoms. The highest BCUT2D eigenvalue weighted by atomic mass is 32.1. The van der Waals surface area contributed by atoms with E-state index in [1.54, 1.807) is 11.3 Å². The summed E-state index contributed by atoms with van der Waals surface area (Å²) in [6.45, 7) is 7.32. The Hall–Kier alpha value is -2.92. The van der Waals surface area contributed by atoms with E-state index in [2.05, 4.69) is 43.0 Å². The van der Waals surface area contributed by atoms with Crippen LogP contribution >= 0.6 is 11.3 Å². The molecule has 146 valence electrons. The van der Waals surface area contributed by atoms with Crippen LogP contribution in [0.1, 0.15) is 21.5 Å². The number of aryl methyl sites for hydroxylation is 2. The lowest BCUT2D eigenvalue weighted by atomic mass is 10.0. The summed E-state index contributed by atoms with van der Waals surface area (Å²) < 4.78 is 1.27. The van der Waals surface area contributed by atoms with E-state index in [1.165, 1.54) is 15.8 Å². The third kappa shape index (κ3) is 3.15. The van der Waals surface area contributed by atoms with Crippen molar-refractivity contribution < 1.29 is 4.79 Å². The predicted molar refractivity (Wildman–Crippen MR) is 121 cm³/mol. The fourth-order valence-electron chi connectivity index (χ4n) is 4.07. The molecule has 29 heavy (non-hydrogen) atoms. The predicted octanol–water partition coefficient (Wildman–Crippen LogP) is 5.03. The van der Waals surface area contributed by atoms with Gasteiger partial charge in [-0.1, -0.05) is 59.9 Å². The topological polar surface area (TPSA) is 36.4 Å². The molecule has 0 spiro atoms. The van der Waals surface area contributed by atoms with Gasteiger partial charge >= 0.3 is 0 Å². The molecule has 1 aromatic heterocycles. The molecule has 0 saturated carbocycles. The maximum absolute atomic E-state index is 13.2. The standard InChI is InChI=1S/C24H23N3OS/c1-16-10-11-17(2)22-21(16)25-24(29-22)27-14-12-26(13-15-27)23(28)20-9-5-7-18-6-3-4-8-19(18)20/h3-11H,12-15H2,1-2H3. The van der Waals surface area contributed by atoms with Crippen LogP contribution in [0.15, 0.2) is 54.6 Å². The van der Waals surface area contributed by atoms with Gasteiger partial charge in [-0.3, -0.25) is 4.79 Å². The molecular formula is C24H23N3OS. The summed E-state index contributed by atoms with van der Waals surface area (Å²) in [5.74, 6) is 0.123. The first-order valence-corrected chi connectivity index (χ1v) is 10.8. The van der Waals surface area contributed by atoms with E-state index in [4.69, 9.17) is 4.98 Å². The first-order valence-electron chi connectivity index (χ1n) is 10.0. The number of thiazole rings is 1. The average molecular weight is 402 g/mol. The number of anilines is 1. The number of rotatable bonds is 2. The molecule has 1 aliphatic heterocycles. The van der Waals surface area contributed by atoms with Crippen molar-refractivity contribution in [2.24, 2.45) is 0 Å². The molecule has 1 aliphatic rings. The molecule has 0 unspecified atom stereocenters. The number of amides is 1. The van der Waals surface area contributed by atoms with E-state index in [-0.39, 0.29) is 5.91 Å². The van der Waals surface area contributed by atoms with Gasteiger partial charge in [0.15, 0.2) is 5.13 Å². The largest absolute Gasteiger partial charge is 0.345 e. The van der Waals surface area contributed by atoms with E-state index < -0.39 is 0 Å². The number of benzene rings is 3. The van der Waals surface area contributed by atoms with Crippen molar-refractivity contribution in [3.8, 4) is 0 Å². The first kappa shape index (κ1) is 18.1. The lowest BCUT2D eigenvalue weighted by Crippen LogP contribution is -2.48. The number of hydrogen-bond acceptors (Lipinski definition) is 4. The molecule has 1 amide bonds. The van der Waals surface area contributed by atoms with Gasteiger partial charge in [0.1, 0.15) is 0 Å². The molecule has 0 radical (unpaired) electrons. The number of nitrogens with zero attached hydrogens (tertiary/aromatic N) is 3. The van der Waals surface area contributed by atoms with Crippen LogP contribution in [-0.2, 0) is 0 Å². The lowest BCUT2D eigenvalue weighted by Gasteiger charge is -2.34. The van der Waals surface area contributed by atoms with Gasteiger partial charge in [0.25, 0.3) is 5.91 Å². The van der Waals surface area contributed by atoms with E-state index in [9.17, 15) is 4.79 Å². The molecule has 1 fully saturated rings. The first-order chi connectivity index (χ1) is 14.1. The monoisotopic (exact) mass is 401 g/mol. The van der Waals surface area contributed by atoms with Crippen molar-refractivity contribution in [3.63, 3.8) is 0 Å². The smallest absolute Gasteiger partial charge is 0.254 e. The van der Waals surface area contributed by atoms with Crippen molar-refractivity contribution in [1.29, 1.82) is 0 Å². The van der Waals surface area contributed by atoms with Crippen molar-refractivity contribution in [1.82, 2.24) is 9.88 Å². The van der Waals surface area contributed by atoms with Crippen LogP contribution in [-0.4, -0.2) is 42.0 Å². The Kier molecular flexibility index (Phi) is 4.47. The molecular weight excluding hydrogens is 378 g/mol. The Bertz CT molecular complexity index is 1180. The van der Waals surface area contributed by atoms with Crippen LogP contribution in [0.4, 0.5) is 5.13 Å². The second-order valence-corrected chi connectivity index (χ2v) is 8.66. The summed E-state index contributed by atoms with van der Waals surface area (Å²) >= 11 is 1.76. The zero-order chi connectivity index (χ0) is 20.0. The molecule has 0 aliphatic carbocycles. The number of carbonyl (C=O) groups excluding carboxylic acids is 1. The third-order valence-electron chi connectivity index (χ3n) is 5.79. The van der Waals surface area contributed by atoms with E-state index >= 15 is 0 Å². The minimum atomic E-state index is 0.123. The summed E-state index contributed by atoms with van der Waals surface area (Å²) in [6, 6.07) is 18.4. The third-order valence-corrected chi connectivity index (χ3v) is 7.04. The van der Waals surface area contributed by atoms with Crippen molar-refractivity contribution in [2.75, 3.05) is 31.1 Å². The number of aromatic nitrogens is 1. The molecule has 4 aromatic rings.